The Morgan fingerprint density at radius 2 is 1.66 bits per heavy atom. The number of carbonyl (C=O) groups excluding carboxylic acids is 1. The molecule has 2 aliphatic rings. The first-order chi connectivity index (χ1) is 14.1. The Morgan fingerprint density at radius 3 is 2.38 bits per heavy atom. The quantitative estimate of drug-likeness (QED) is 0.527. The van der Waals surface area contributed by atoms with E-state index in [2.05, 4.69) is 73.0 Å². The fourth-order valence-electron chi connectivity index (χ4n) is 4.39. The molecular formula is C25H24N2OS. The van der Waals surface area contributed by atoms with Crippen LogP contribution >= 0.6 is 11.3 Å². The first-order valence-electron chi connectivity index (χ1n) is 10.1. The number of rotatable bonds is 2. The number of hydrogen-bond acceptors (Lipinski definition) is 4. The van der Waals surface area contributed by atoms with Gasteiger partial charge in [0.05, 0.1) is 17.4 Å². The predicted octanol–water partition coefficient (Wildman–Crippen LogP) is 6.34. The molecule has 5 rings (SSSR count). The number of fused-ring (bicyclic) bond motifs is 1. The fourth-order valence-corrected chi connectivity index (χ4v) is 5.33. The number of nitrogens with one attached hydrogen (secondary N) is 2. The molecule has 4 heteroatoms. The second kappa shape index (κ2) is 7.20. The molecule has 0 fully saturated rings. The topological polar surface area (TPSA) is 41.1 Å². The zero-order valence-electron chi connectivity index (χ0n) is 16.7. The van der Waals surface area contributed by atoms with Gasteiger partial charge in [0.15, 0.2) is 5.78 Å². The van der Waals surface area contributed by atoms with Gasteiger partial charge < -0.3 is 10.6 Å². The number of anilines is 2. The van der Waals surface area contributed by atoms with E-state index >= 15 is 0 Å². The van der Waals surface area contributed by atoms with Gasteiger partial charge in [-0.25, -0.2) is 0 Å². The third-order valence-electron chi connectivity index (χ3n) is 5.90. The molecule has 3 nitrogen and oxygen atoms in total. The smallest absolute Gasteiger partial charge is 0.163 e. The molecule has 2 atom stereocenters. The van der Waals surface area contributed by atoms with Gasteiger partial charge in [-0.05, 0) is 56.0 Å². The van der Waals surface area contributed by atoms with Crippen molar-refractivity contribution in [2.24, 2.45) is 0 Å². The molecule has 1 aliphatic carbocycles. The van der Waals surface area contributed by atoms with Gasteiger partial charge in [-0.3, -0.25) is 4.79 Å². The highest BCUT2D eigenvalue weighted by Crippen LogP contribution is 2.45. The minimum absolute atomic E-state index is 0.105. The first kappa shape index (κ1) is 18.2. The first-order valence-corrected chi connectivity index (χ1v) is 10.9. The normalized spacial score (nSPS) is 21.0. The maximum Gasteiger partial charge on any atom is 0.163 e. The van der Waals surface area contributed by atoms with Crippen LogP contribution in [-0.2, 0) is 4.79 Å². The summed E-state index contributed by atoms with van der Waals surface area (Å²) in [7, 11) is 0. The Kier molecular flexibility index (Phi) is 4.51. The third kappa shape index (κ3) is 3.38. The summed E-state index contributed by atoms with van der Waals surface area (Å²) < 4.78 is 0. The van der Waals surface area contributed by atoms with Crippen molar-refractivity contribution in [3.63, 3.8) is 0 Å². The number of carbonyl (C=O) groups is 1. The summed E-state index contributed by atoms with van der Waals surface area (Å²) in [6, 6.07) is 21.0. The molecule has 3 aromatic rings. The van der Waals surface area contributed by atoms with Crippen molar-refractivity contribution in [2.75, 3.05) is 10.6 Å². The van der Waals surface area contributed by atoms with E-state index in [-0.39, 0.29) is 17.7 Å². The monoisotopic (exact) mass is 400 g/mol. The molecule has 0 bridgehead atoms. The molecule has 0 radical (unpaired) electrons. The summed E-state index contributed by atoms with van der Waals surface area (Å²) in [5.41, 5.74) is 6.51. The summed E-state index contributed by atoms with van der Waals surface area (Å²) in [6.07, 6.45) is 1.41. The van der Waals surface area contributed by atoms with Gasteiger partial charge in [0, 0.05) is 27.4 Å². The van der Waals surface area contributed by atoms with E-state index in [1.807, 2.05) is 12.1 Å². The predicted molar refractivity (Wildman–Crippen MR) is 121 cm³/mol. The molecule has 1 aromatic heterocycles. The van der Waals surface area contributed by atoms with Crippen LogP contribution < -0.4 is 10.6 Å². The maximum absolute atomic E-state index is 13.4. The van der Waals surface area contributed by atoms with Crippen LogP contribution in [0.2, 0.25) is 0 Å². The van der Waals surface area contributed by atoms with Gasteiger partial charge in [-0.15, -0.1) is 11.3 Å². The molecule has 2 unspecified atom stereocenters. The summed E-state index contributed by atoms with van der Waals surface area (Å²) in [4.78, 5) is 15.9. The SMILES string of the molecule is Cc1ccc(C2CC(=O)C3=C(C2)Nc2ccccc2NC3c2ccc(C)s2)cc1. The molecular weight excluding hydrogens is 376 g/mol. The van der Waals surface area contributed by atoms with E-state index in [0.717, 1.165) is 29.1 Å². The van der Waals surface area contributed by atoms with Gasteiger partial charge in [0.1, 0.15) is 0 Å². The van der Waals surface area contributed by atoms with Gasteiger partial charge in [0.25, 0.3) is 0 Å². The standard InChI is InChI=1S/C25H24N2OS/c1-15-7-10-17(11-8-15)18-13-21-24(22(28)14-18)25(23-12-9-16(2)29-23)27-20-6-4-3-5-19(20)26-21/h3-12,18,25-27H,13-14H2,1-2H3. The molecule has 1 aliphatic heterocycles. The van der Waals surface area contributed by atoms with E-state index in [0.29, 0.717) is 6.42 Å². The Labute approximate surface area is 175 Å². The minimum Gasteiger partial charge on any atom is -0.372 e. The number of allylic oxidation sites excluding steroid dienone is 1. The van der Waals surface area contributed by atoms with Crippen LogP contribution in [0.15, 0.2) is 71.9 Å². The average Bonchev–Trinajstić information content (AvgIpc) is 3.06. The van der Waals surface area contributed by atoms with Crippen LogP contribution in [0.1, 0.15) is 45.7 Å². The van der Waals surface area contributed by atoms with Gasteiger partial charge in [-0.2, -0.15) is 0 Å². The van der Waals surface area contributed by atoms with Crippen LogP contribution in [-0.4, -0.2) is 5.78 Å². The van der Waals surface area contributed by atoms with Crippen molar-refractivity contribution in [1.82, 2.24) is 0 Å². The Balaban J connectivity index is 1.60. The number of para-hydroxylation sites is 2. The Hall–Kier alpha value is -2.85. The third-order valence-corrected chi connectivity index (χ3v) is 6.97. The summed E-state index contributed by atoms with van der Waals surface area (Å²) in [5.74, 6) is 0.450. The molecule has 0 spiro atoms. The number of hydrogen-bond donors (Lipinski definition) is 2. The number of ketones is 1. The maximum atomic E-state index is 13.4. The van der Waals surface area contributed by atoms with Crippen molar-refractivity contribution >= 4 is 28.5 Å². The van der Waals surface area contributed by atoms with Crippen molar-refractivity contribution in [3.8, 4) is 0 Å². The second-order valence-corrected chi connectivity index (χ2v) is 9.35. The van der Waals surface area contributed by atoms with Crippen LogP contribution in [0.3, 0.4) is 0 Å². The Bertz CT molecular complexity index is 1110. The second-order valence-electron chi connectivity index (χ2n) is 8.03. The van der Waals surface area contributed by atoms with Crippen LogP contribution in [0.4, 0.5) is 11.4 Å². The molecule has 146 valence electrons. The molecule has 2 aromatic carbocycles. The van der Waals surface area contributed by atoms with Gasteiger partial charge >= 0.3 is 0 Å². The van der Waals surface area contributed by atoms with E-state index in [1.165, 1.54) is 20.9 Å². The van der Waals surface area contributed by atoms with Crippen LogP contribution in [0, 0.1) is 13.8 Å². The molecule has 0 amide bonds. The molecule has 0 saturated carbocycles. The van der Waals surface area contributed by atoms with E-state index < -0.39 is 0 Å². The van der Waals surface area contributed by atoms with Crippen LogP contribution in [0.5, 0.6) is 0 Å². The number of benzene rings is 2. The van der Waals surface area contributed by atoms with Crippen molar-refractivity contribution in [1.29, 1.82) is 0 Å². The molecule has 2 N–H and O–H groups in total. The van der Waals surface area contributed by atoms with Gasteiger partial charge in [-0.1, -0.05) is 42.0 Å². The Morgan fingerprint density at radius 1 is 0.897 bits per heavy atom. The number of Topliss-reactive ketones (excluding diaryl/α,β-unsaturated/α-hetero) is 1. The highest BCUT2D eigenvalue weighted by molar-refractivity contribution is 7.12. The lowest BCUT2D eigenvalue weighted by Crippen LogP contribution is -2.26. The van der Waals surface area contributed by atoms with Crippen LogP contribution in [0.25, 0.3) is 0 Å². The van der Waals surface area contributed by atoms with Crippen molar-refractivity contribution in [2.45, 2.75) is 38.6 Å². The molecule has 0 saturated heterocycles. The molecule has 29 heavy (non-hydrogen) atoms. The van der Waals surface area contributed by atoms with Crippen molar-refractivity contribution in [3.05, 3.63) is 92.8 Å². The van der Waals surface area contributed by atoms with Crippen molar-refractivity contribution < 1.29 is 4.79 Å². The summed E-state index contributed by atoms with van der Waals surface area (Å²) in [6.45, 7) is 4.21. The van der Waals surface area contributed by atoms with E-state index in [4.69, 9.17) is 0 Å². The average molecular weight is 401 g/mol. The summed E-state index contributed by atoms with van der Waals surface area (Å²) >= 11 is 1.76. The lowest BCUT2D eigenvalue weighted by Gasteiger charge is -2.29. The minimum atomic E-state index is -0.105. The molecule has 2 heterocycles. The zero-order valence-corrected chi connectivity index (χ0v) is 17.5. The lowest BCUT2D eigenvalue weighted by molar-refractivity contribution is -0.116. The highest BCUT2D eigenvalue weighted by Gasteiger charge is 2.36. The van der Waals surface area contributed by atoms with Gasteiger partial charge in [0.2, 0.25) is 0 Å². The number of thiophene rings is 1. The summed E-state index contributed by atoms with van der Waals surface area (Å²) in [5, 5.41) is 7.26. The largest absolute Gasteiger partial charge is 0.372 e. The zero-order chi connectivity index (χ0) is 20.0. The van der Waals surface area contributed by atoms with E-state index in [9.17, 15) is 4.79 Å². The number of aryl methyl sites for hydroxylation is 2. The van der Waals surface area contributed by atoms with E-state index in [1.54, 1.807) is 11.3 Å². The highest BCUT2D eigenvalue weighted by atomic mass is 32.1. The lowest BCUT2D eigenvalue weighted by atomic mass is 9.79. The fraction of sp³-hybridized carbons (Fsp3) is 0.240.